The van der Waals surface area contributed by atoms with Crippen molar-refractivity contribution in [2.45, 2.75) is 64.1 Å². The quantitative estimate of drug-likeness (QED) is 0.835. The second-order valence-electron chi connectivity index (χ2n) is 7.75. The lowest BCUT2D eigenvalue weighted by Gasteiger charge is -2.33. The highest BCUT2D eigenvalue weighted by molar-refractivity contribution is 7.09. The summed E-state index contributed by atoms with van der Waals surface area (Å²) in [5.74, 6) is 0.366. The summed E-state index contributed by atoms with van der Waals surface area (Å²) in [4.78, 5) is 32.7. The number of amides is 2. The Bertz CT molecular complexity index is 835. The maximum Gasteiger partial charge on any atom is 0.254 e. The van der Waals surface area contributed by atoms with E-state index in [1.807, 2.05) is 40.6 Å². The number of rotatable bonds is 5. The van der Waals surface area contributed by atoms with Crippen LogP contribution in [0.3, 0.4) is 0 Å². The molecule has 1 aromatic heterocycles. The van der Waals surface area contributed by atoms with E-state index in [0.717, 1.165) is 42.8 Å². The second kappa shape index (κ2) is 8.43. The van der Waals surface area contributed by atoms with Crippen molar-refractivity contribution < 1.29 is 9.59 Å². The lowest BCUT2D eigenvalue weighted by molar-refractivity contribution is -0.125. The molecule has 148 valence electrons. The van der Waals surface area contributed by atoms with Crippen molar-refractivity contribution in [3.8, 4) is 0 Å². The summed E-state index contributed by atoms with van der Waals surface area (Å²) in [6, 6.07) is 9.15. The number of carbonyl (C=O) groups excluding carboxylic acids is 2. The van der Waals surface area contributed by atoms with Crippen molar-refractivity contribution in [1.82, 2.24) is 15.2 Å². The van der Waals surface area contributed by atoms with E-state index in [9.17, 15) is 9.59 Å². The zero-order chi connectivity index (χ0) is 19.5. The fourth-order valence-corrected chi connectivity index (χ4v) is 5.35. The van der Waals surface area contributed by atoms with Gasteiger partial charge in [-0.2, -0.15) is 0 Å². The van der Waals surface area contributed by atoms with E-state index in [2.05, 4.69) is 17.2 Å². The first kappa shape index (κ1) is 19.1. The Hall–Kier alpha value is -2.21. The van der Waals surface area contributed by atoms with E-state index >= 15 is 0 Å². The van der Waals surface area contributed by atoms with Gasteiger partial charge in [-0.05, 0) is 43.7 Å². The van der Waals surface area contributed by atoms with E-state index in [1.54, 1.807) is 11.3 Å². The molecule has 4 rings (SSSR count). The van der Waals surface area contributed by atoms with Crippen LogP contribution in [0.5, 0.6) is 0 Å². The van der Waals surface area contributed by atoms with Gasteiger partial charge in [0.25, 0.3) is 5.91 Å². The normalized spacial score (nSPS) is 24.0. The number of carbonyl (C=O) groups is 2. The average Bonchev–Trinajstić information content (AvgIpc) is 3.36. The number of nitrogens with one attached hydrogen (secondary N) is 1. The first-order valence-corrected chi connectivity index (χ1v) is 11.1. The molecule has 0 bridgehead atoms. The van der Waals surface area contributed by atoms with Gasteiger partial charge in [-0.15, -0.1) is 11.3 Å². The molecule has 2 aromatic rings. The number of benzene rings is 1. The summed E-state index contributed by atoms with van der Waals surface area (Å²) in [6.45, 7) is 2.50. The van der Waals surface area contributed by atoms with Gasteiger partial charge >= 0.3 is 0 Å². The van der Waals surface area contributed by atoms with E-state index in [0.29, 0.717) is 18.0 Å². The molecule has 2 aliphatic rings. The Balaban J connectivity index is 1.51. The summed E-state index contributed by atoms with van der Waals surface area (Å²) < 4.78 is 0. The van der Waals surface area contributed by atoms with Crippen LogP contribution in [0.15, 0.2) is 35.7 Å². The molecule has 1 N–H and O–H groups in total. The molecule has 2 heterocycles. The van der Waals surface area contributed by atoms with Crippen molar-refractivity contribution in [2.75, 3.05) is 0 Å². The fourth-order valence-electron chi connectivity index (χ4n) is 4.60. The van der Waals surface area contributed by atoms with Crippen molar-refractivity contribution in [3.63, 3.8) is 0 Å². The molecule has 3 unspecified atom stereocenters. The van der Waals surface area contributed by atoms with E-state index in [4.69, 9.17) is 0 Å². The fraction of sp³-hybridized carbons (Fsp3) is 0.500. The molecular weight excluding hydrogens is 370 g/mol. The van der Waals surface area contributed by atoms with Gasteiger partial charge in [0.05, 0.1) is 17.2 Å². The Morgan fingerprint density at radius 3 is 2.75 bits per heavy atom. The minimum absolute atomic E-state index is 0.0166. The largest absolute Gasteiger partial charge is 0.349 e. The van der Waals surface area contributed by atoms with Gasteiger partial charge in [-0.3, -0.25) is 9.59 Å². The third-order valence-electron chi connectivity index (χ3n) is 5.99. The van der Waals surface area contributed by atoms with Crippen molar-refractivity contribution >= 4 is 23.2 Å². The lowest BCUT2D eigenvalue weighted by Crippen LogP contribution is -2.49. The zero-order valence-electron chi connectivity index (χ0n) is 16.3. The molecule has 2 fully saturated rings. The Morgan fingerprint density at radius 1 is 1.21 bits per heavy atom. The van der Waals surface area contributed by atoms with Gasteiger partial charge in [0.15, 0.2) is 0 Å². The van der Waals surface area contributed by atoms with E-state index in [-0.39, 0.29) is 23.9 Å². The standard InChI is InChI=1S/C22H27N3O2S/c1-2-20-24-17(14-28-20)13-23-21(26)19-12-16-10-6-7-11-18(16)25(19)22(27)15-8-4-3-5-9-15/h3-5,8-9,14,16,18-19H,2,6-7,10-13H2,1H3,(H,23,26). The number of aromatic nitrogens is 1. The van der Waals surface area contributed by atoms with Gasteiger partial charge in [0.1, 0.15) is 6.04 Å². The number of nitrogens with zero attached hydrogens (tertiary/aromatic N) is 2. The molecular formula is C22H27N3O2S. The lowest BCUT2D eigenvalue weighted by atomic mass is 9.84. The zero-order valence-corrected chi connectivity index (χ0v) is 17.1. The highest BCUT2D eigenvalue weighted by Crippen LogP contribution is 2.40. The van der Waals surface area contributed by atoms with Gasteiger partial charge in [-0.1, -0.05) is 38.0 Å². The second-order valence-corrected chi connectivity index (χ2v) is 8.69. The van der Waals surface area contributed by atoms with Crippen LogP contribution >= 0.6 is 11.3 Å². The predicted molar refractivity (Wildman–Crippen MR) is 110 cm³/mol. The molecule has 0 spiro atoms. The monoisotopic (exact) mass is 397 g/mol. The molecule has 28 heavy (non-hydrogen) atoms. The Kier molecular flexibility index (Phi) is 5.76. The van der Waals surface area contributed by atoms with Crippen LogP contribution in [0, 0.1) is 5.92 Å². The number of aryl methyl sites for hydroxylation is 1. The summed E-state index contributed by atoms with van der Waals surface area (Å²) in [5.41, 5.74) is 1.56. The average molecular weight is 398 g/mol. The number of hydrogen-bond acceptors (Lipinski definition) is 4. The van der Waals surface area contributed by atoms with Crippen LogP contribution in [0.25, 0.3) is 0 Å². The van der Waals surface area contributed by atoms with E-state index < -0.39 is 0 Å². The molecule has 1 aliphatic heterocycles. The van der Waals surface area contributed by atoms with Gasteiger partial charge in [-0.25, -0.2) is 4.98 Å². The molecule has 2 amide bonds. The third-order valence-corrected chi connectivity index (χ3v) is 7.03. The summed E-state index contributed by atoms with van der Waals surface area (Å²) in [6.07, 6.45) is 6.11. The molecule has 5 nitrogen and oxygen atoms in total. The highest BCUT2D eigenvalue weighted by atomic mass is 32.1. The van der Waals surface area contributed by atoms with Crippen LogP contribution in [-0.2, 0) is 17.8 Å². The van der Waals surface area contributed by atoms with Crippen LogP contribution < -0.4 is 5.32 Å². The van der Waals surface area contributed by atoms with E-state index in [1.165, 1.54) is 6.42 Å². The summed E-state index contributed by atoms with van der Waals surface area (Å²) >= 11 is 1.63. The first-order chi connectivity index (χ1) is 13.7. The van der Waals surface area contributed by atoms with Gasteiger partial charge in [0, 0.05) is 17.0 Å². The smallest absolute Gasteiger partial charge is 0.254 e. The predicted octanol–water partition coefficient (Wildman–Crippen LogP) is 3.80. The number of thiazole rings is 1. The highest BCUT2D eigenvalue weighted by Gasteiger charge is 2.47. The molecule has 3 atom stereocenters. The van der Waals surface area contributed by atoms with Crippen molar-refractivity contribution in [1.29, 1.82) is 0 Å². The number of fused-ring (bicyclic) bond motifs is 1. The maximum atomic E-state index is 13.3. The number of hydrogen-bond donors (Lipinski definition) is 1. The van der Waals surface area contributed by atoms with Crippen molar-refractivity contribution in [3.05, 3.63) is 52.0 Å². The minimum atomic E-state index is -0.384. The number of likely N-dealkylation sites (tertiary alicyclic amines) is 1. The topological polar surface area (TPSA) is 62.3 Å². The van der Waals surface area contributed by atoms with Crippen LogP contribution in [-0.4, -0.2) is 33.8 Å². The first-order valence-electron chi connectivity index (χ1n) is 10.3. The summed E-state index contributed by atoms with van der Waals surface area (Å²) in [7, 11) is 0. The molecule has 1 aliphatic carbocycles. The molecule has 1 saturated heterocycles. The minimum Gasteiger partial charge on any atom is -0.349 e. The molecule has 6 heteroatoms. The van der Waals surface area contributed by atoms with Gasteiger partial charge in [0.2, 0.25) is 5.91 Å². The molecule has 1 saturated carbocycles. The van der Waals surface area contributed by atoms with Crippen molar-refractivity contribution in [2.24, 2.45) is 5.92 Å². The third kappa shape index (κ3) is 3.83. The summed E-state index contributed by atoms with van der Waals surface area (Å²) in [5, 5.41) is 6.12. The SMILES string of the molecule is CCc1nc(CNC(=O)C2CC3CCCCC3N2C(=O)c2ccccc2)cs1. The Morgan fingerprint density at radius 2 is 2.00 bits per heavy atom. The van der Waals surface area contributed by atoms with Gasteiger partial charge < -0.3 is 10.2 Å². The Labute approximate surface area is 170 Å². The maximum absolute atomic E-state index is 13.3. The van der Waals surface area contributed by atoms with Crippen LogP contribution in [0.4, 0.5) is 0 Å². The molecule has 1 aromatic carbocycles. The van der Waals surface area contributed by atoms with Crippen LogP contribution in [0.1, 0.15) is 60.1 Å². The molecule has 0 radical (unpaired) electrons. The van der Waals surface area contributed by atoms with Crippen LogP contribution in [0.2, 0.25) is 0 Å².